The summed E-state index contributed by atoms with van der Waals surface area (Å²) in [6, 6.07) is 75.3. The monoisotopic (exact) mass is 738 g/mol. The Morgan fingerprint density at radius 1 is 0.362 bits per heavy atom. The van der Waals surface area contributed by atoms with Gasteiger partial charge in [-0.25, -0.2) is 0 Å². The molecular weight excluding hydrogens is 705 g/mol. The summed E-state index contributed by atoms with van der Waals surface area (Å²) in [5, 5.41) is 4.80. The summed E-state index contributed by atoms with van der Waals surface area (Å²) in [6.45, 7) is 0. The fraction of sp³-hybridized carbons (Fsp3) is 0.0182. The quantitative estimate of drug-likeness (QED) is 0.177. The molecule has 0 bridgehead atoms. The van der Waals surface area contributed by atoms with Crippen molar-refractivity contribution in [3.63, 3.8) is 0 Å². The van der Waals surface area contributed by atoms with Crippen LogP contribution in [0.5, 0.6) is 11.5 Å². The minimum absolute atomic E-state index is 0.643. The van der Waals surface area contributed by atoms with Crippen molar-refractivity contribution in [1.82, 2.24) is 9.13 Å². The van der Waals surface area contributed by atoms with E-state index in [9.17, 15) is 0 Å². The van der Waals surface area contributed by atoms with Crippen LogP contribution in [0.15, 0.2) is 206 Å². The summed E-state index contributed by atoms with van der Waals surface area (Å²) in [5.41, 5.74) is 15.9. The summed E-state index contributed by atoms with van der Waals surface area (Å²) < 4.78 is 12.2. The molecule has 58 heavy (non-hydrogen) atoms. The molecule has 3 nitrogen and oxygen atoms in total. The van der Waals surface area contributed by atoms with Gasteiger partial charge in [-0.1, -0.05) is 158 Å². The van der Waals surface area contributed by atoms with Crippen LogP contribution in [0.4, 0.5) is 0 Å². The van der Waals surface area contributed by atoms with E-state index in [0.717, 1.165) is 50.1 Å². The van der Waals surface area contributed by atoms with Crippen molar-refractivity contribution >= 4 is 43.6 Å². The first kappa shape index (κ1) is 31.6. The minimum atomic E-state index is -0.643. The molecule has 0 aliphatic carbocycles. The average Bonchev–Trinajstić information content (AvgIpc) is 3.82. The maximum absolute atomic E-state index is 7.30. The Morgan fingerprint density at radius 2 is 0.948 bits per heavy atom. The van der Waals surface area contributed by atoms with Crippen molar-refractivity contribution < 1.29 is 4.74 Å². The van der Waals surface area contributed by atoms with Gasteiger partial charge in [0.05, 0.1) is 38.6 Å². The highest BCUT2D eigenvalue weighted by molar-refractivity contribution is 6.15. The fourth-order valence-electron chi connectivity index (χ4n) is 10.4. The number of fused-ring (bicyclic) bond motifs is 15. The highest BCUT2D eigenvalue weighted by Gasteiger charge is 2.50. The van der Waals surface area contributed by atoms with E-state index in [2.05, 4.69) is 215 Å². The fourth-order valence-corrected chi connectivity index (χ4v) is 10.4. The lowest BCUT2D eigenvalue weighted by Crippen LogP contribution is -2.37. The van der Waals surface area contributed by atoms with Gasteiger partial charge in [0.1, 0.15) is 11.5 Å². The third-order valence-corrected chi connectivity index (χ3v) is 12.7. The van der Waals surface area contributed by atoms with Crippen molar-refractivity contribution in [2.24, 2.45) is 0 Å². The molecule has 0 fully saturated rings. The number of hydrogen-bond acceptors (Lipinski definition) is 1. The van der Waals surface area contributed by atoms with Crippen LogP contribution in [0, 0.1) is 0 Å². The Kier molecular flexibility index (Phi) is 6.37. The van der Waals surface area contributed by atoms with Crippen LogP contribution in [-0.4, -0.2) is 9.13 Å². The highest BCUT2D eigenvalue weighted by atomic mass is 16.5. The summed E-state index contributed by atoms with van der Waals surface area (Å²) in [6.07, 6.45) is 0. The summed E-state index contributed by atoms with van der Waals surface area (Å²) in [5.74, 6) is 1.79. The Bertz CT molecular complexity index is 3430. The van der Waals surface area contributed by atoms with Crippen LogP contribution >= 0.6 is 0 Å². The van der Waals surface area contributed by atoms with Gasteiger partial charge in [0.25, 0.3) is 0 Å². The number of nitrogens with zero attached hydrogens (tertiary/aromatic N) is 2. The normalized spacial score (nSPS) is 15.1. The maximum Gasteiger partial charge on any atom is 0.142 e. The van der Waals surface area contributed by atoms with Crippen LogP contribution in [0.25, 0.3) is 77.2 Å². The van der Waals surface area contributed by atoms with E-state index in [1.807, 2.05) is 0 Å². The standard InChI is InChI=1S/C55H34N2O/c1-3-16-35(17-4-1)37-32-38(36-18-5-2-6-19-36)34-39(33-37)56-48-27-12-8-21-42(48)52-50(56)31-30-46-54(52)58-51-29-14-10-24-44(51)55(46)43-23-9-13-28-49(43)57-47-26-11-7-20-40(47)41-22-15-25-45(55)53(41)57/h1-34H. The summed E-state index contributed by atoms with van der Waals surface area (Å²) in [7, 11) is 0. The van der Waals surface area contributed by atoms with E-state index in [0.29, 0.717) is 0 Å². The second-order valence-electron chi connectivity index (χ2n) is 15.6. The maximum atomic E-state index is 7.30. The smallest absolute Gasteiger partial charge is 0.142 e. The van der Waals surface area contributed by atoms with Gasteiger partial charge < -0.3 is 13.9 Å². The van der Waals surface area contributed by atoms with Gasteiger partial charge in [0.2, 0.25) is 0 Å². The molecule has 2 aliphatic heterocycles. The molecule has 13 rings (SSSR count). The van der Waals surface area contributed by atoms with E-state index in [4.69, 9.17) is 4.74 Å². The van der Waals surface area contributed by atoms with Gasteiger partial charge in [-0.2, -0.15) is 0 Å². The third kappa shape index (κ3) is 4.07. The van der Waals surface area contributed by atoms with Crippen LogP contribution in [-0.2, 0) is 5.41 Å². The molecule has 1 spiro atoms. The van der Waals surface area contributed by atoms with Gasteiger partial charge in [0, 0.05) is 33.0 Å². The average molecular weight is 739 g/mol. The van der Waals surface area contributed by atoms with Crippen LogP contribution in [0.2, 0.25) is 0 Å². The molecule has 9 aromatic carbocycles. The predicted octanol–water partition coefficient (Wildman–Crippen LogP) is 14.0. The van der Waals surface area contributed by atoms with Crippen LogP contribution < -0.4 is 4.74 Å². The zero-order valence-electron chi connectivity index (χ0n) is 31.4. The summed E-state index contributed by atoms with van der Waals surface area (Å²) in [4.78, 5) is 0. The molecular formula is C55H34N2O. The van der Waals surface area contributed by atoms with Crippen molar-refractivity contribution in [3.05, 3.63) is 229 Å². The topological polar surface area (TPSA) is 19.1 Å². The second-order valence-corrected chi connectivity index (χ2v) is 15.6. The van der Waals surface area contributed by atoms with Gasteiger partial charge in [-0.15, -0.1) is 0 Å². The van der Waals surface area contributed by atoms with Gasteiger partial charge in [-0.3, -0.25) is 0 Å². The molecule has 0 amide bonds. The van der Waals surface area contributed by atoms with E-state index in [1.165, 1.54) is 60.9 Å². The van der Waals surface area contributed by atoms with Gasteiger partial charge >= 0.3 is 0 Å². The van der Waals surface area contributed by atoms with E-state index < -0.39 is 5.41 Å². The second kappa shape index (κ2) is 11.7. The molecule has 11 aromatic rings. The number of para-hydroxylation sites is 5. The van der Waals surface area contributed by atoms with Crippen molar-refractivity contribution in [3.8, 4) is 45.1 Å². The lowest BCUT2D eigenvalue weighted by molar-refractivity contribution is 0.439. The molecule has 0 saturated heterocycles. The van der Waals surface area contributed by atoms with Crippen LogP contribution in [0.1, 0.15) is 22.3 Å². The number of ether oxygens (including phenoxy) is 1. The first-order chi connectivity index (χ1) is 28.8. The zero-order chi connectivity index (χ0) is 38.0. The molecule has 270 valence electrons. The van der Waals surface area contributed by atoms with Crippen molar-refractivity contribution in [2.45, 2.75) is 5.41 Å². The number of aromatic nitrogens is 2. The van der Waals surface area contributed by atoms with E-state index >= 15 is 0 Å². The van der Waals surface area contributed by atoms with Crippen molar-refractivity contribution in [1.29, 1.82) is 0 Å². The molecule has 4 heterocycles. The first-order valence-electron chi connectivity index (χ1n) is 20.0. The molecule has 3 heteroatoms. The SMILES string of the molecule is c1ccc(-c2cc(-c3ccccc3)cc(-n3c4ccccc4c4c5c(ccc43)C3(c4ccccc4O5)c4ccccc4-n4c5ccccc5c5cccc3c54)c2)cc1. The van der Waals surface area contributed by atoms with Gasteiger partial charge in [0.15, 0.2) is 0 Å². The molecule has 2 aliphatic rings. The lowest BCUT2D eigenvalue weighted by Gasteiger charge is -2.45. The number of hydrogen-bond donors (Lipinski definition) is 0. The Labute approximate surface area is 335 Å². The molecule has 0 N–H and O–H groups in total. The Hall–Kier alpha value is -7.62. The largest absolute Gasteiger partial charge is 0.456 e. The molecule has 2 aromatic heterocycles. The number of benzene rings is 9. The predicted molar refractivity (Wildman–Crippen MR) is 238 cm³/mol. The zero-order valence-corrected chi connectivity index (χ0v) is 31.4. The Balaban J connectivity index is 1.16. The lowest BCUT2D eigenvalue weighted by atomic mass is 9.61. The minimum Gasteiger partial charge on any atom is -0.456 e. The molecule has 0 saturated carbocycles. The van der Waals surface area contributed by atoms with Gasteiger partial charge in [-0.05, 0) is 81.9 Å². The molecule has 1 atom stereocenters. The first-order valence-corrected chi connectivity index (χ1v) is 20.0. The number of rotatable bonds is 3. The molecule has 1 unspecified atom stereocenters. The van der Waals surface area contributed by atoms with Crippen molar-refractivity contribution in [2.75, 3.05) is 0 Å². The molecule has 0 radical (unpaired) electrons. The Morgan fingerprint density at radius 3 is 1.71 bits per heavy atom. The summed E-state index contributed by atoms with van der Waals surface area (Å²) >= 11 is 0. The van der Waals surface area contributed by atoms with E-state index in [-0.39, 0.29) is 0 Å². The third-order valence-electron chi connectivity index (χ3n) is 12.7. The van der Waals surface area contributed by atoms with E-state index in [1.54, 1.807) is 0 Å². The van der Waals surface area contributed by atoms with Crippen LogP contribution in [0.3, 0.4) is 0 Å². The highest BCUT2D eigenvalue weighted by Crippen LogP contribution is 2.62.